The minimum atomic E-state index is -4.64. The number of ether oxygens (including phenoxy) is 1. The molecule has 0 bridgehead atoms. The molecular weight excluding hydrogens is 535 g/mol. The molecule has 0 aromatic carbocycles. The molecule has 0 aliphatic carbocycles. The number of carbonyl (C=O) groups is 1. The molecule has 1 amide bonds. The van der Waals surface area contributed by atoms with E-state index in [1.807, 2.05) is 0 Å². The minimum absolute atomic E-state index is 0.179. The zero-order valence-electron chi connectivity index (χ0n) is 26.9. The van der Waals surface area contributed by atoms with Crippen molar-refractivity contribution in [3.63, 3.8) is 0 Å². The number of hydrogen-bond acceptors (Lipinski definition) is 9. The highest BCUT2D eigenvalue weighted by Crippen LogP contribution is 2.49. The van der Waals surface area contributed by atoms with E-state index >= 15 is 0 Å². The molecule has 2 atom stereocenters. The predicted octanol–water partition coefficient (Wildman–Crippen LogP) is 7.48. The number of nitrogens with zero attached hydrogens (tertiary/aromatic N) is 2. The maximum absolute atomic E-state index is 13.1. The Kier molecular flexibility index (Phi) is 20.3. The monoisotopic (exact) mass is 589 g/mol. The van der Waals surface area contributed by atoms with Crippen LogP contribution in [-0.4, -0.2) is 48.7 Å². The Labute approximate surface area is 244 Å². The van der Waals surface area contributed by atoms with E-state index in [0.29, 0.717) is 6.42 Å². The van der Waals surface area contributed by atoms with Gasteiger partial charge in [0.05, 0.1) is 59.6 Å². The molecule has 0 unspecified atom stereocenters. The molecular formula is C29H52N3O7P. The summed E-state index contributed by atoms with van der Waals surface area (Å²) in [6.07, 6.45) is 14.0. The Balaban J connectivity index is 5.22. The van der Waals surface area contributed by atoms with Gasteiger partial charge in [0.2, 0.25) is 0 Å². The fourth-order valence-corrected chi connectivity index (χ4v) is 4.56. The van der Waals surface area contributed by atoms with Crippen LogP contribution in [0.15, 0.2) is 12.2 Å². The van der Waals surface area contributed by atoms with E-state index < -0.39 is 38.2 Å². The maximum atomic E-state index is 13.1. The third-order valence-corrected chi connectivity index (χ3v) is 6.87. The first kappa shape index (κ1) is 34.3. The Morgan fingerprint density at radius 1 is 0.950 bits per heavy atom. The molecule has 0 saturated carbocycles. The molecule has 0 aliphatic heterocycles. The number of allylic oxidation sites excluding steroid dienone is 1. The lowest BCUT2D eigenvalue weighted by Crippen LogP contribution is -2.47. The fraction of sp³-hybridized carbons (Fsp3) is 0.828. The SMILES string of the molecule is [2H][13C]([2H])(OP(=O)(OCCC#N)OCCC#N)[13C@@H](NC(=O)OC(C)(C)C)[C@@H](O)/C=C/CCCCCCCCCCCCC. The predicted molar refractivity (Wildman–Crippen MR) is 155 cm³/mol. The van der Waals surface area contributed by atoms with Gasteiger partial charge in [-0.15, -0.1) is 0 Å². The second-order valence-electron chi connectivity index (χ2n) is 10.5. The van der Waals surface area contributed by atoms with Gasteiger partial charge in [0.25, 0.3) is 0 Å². The number of carbonyl (C=O) groups excluding carboxylic acids is 1. The number of phosphoric ester groups is 1. The van der Waals surface area contributed by atoms with E-state index in [0.717, 1.165) is 19.3 Å². The third kappa shape index (κ3) is 22.8. The molecule has 40 heavy (non-hydrogen) atoms. The molecule has 0 rings (SSSR count). The van der Waals surface area contributed by atoms with Crippen molar-refractivity contribution in [1.29, 1.82) is 10.5 Å². The van der Waals surface area contributed by atoms with Gasteiger partial charge in [-0.2, -0.15) is 10.5 Å². The van der Waals surface area contributed by atoms with Crippen molar-refractivity contribution in [3.8, 4) is 12.1 Å². The van der Waals surface area contributed by atoms with Crippen LogP contribution in [0.25, 0.3) is 0 Å². The third-order valence-electron chi connectivity index (χ3n) is 5.54. The first-order valence-corrected chi connectivity index (χ1v) is 15.9. The number of unbranched alkanes of at least 4 members (excludes halogenated alkanes) is 11. The lowest BCUT2D eigenvalue weighted by molar-refractivity contribution is 0.0374. The van der Waals surface area contributed by atoms with Gasteiger partial charge in [0.15, 0.2) is 0 Å². The highest BCUT2D eigenvalue weighted by molar-refractivity contribution is 7.48. The van der Waals surface area contributed by atoms with Crippen LogP contribution < -0.4 is 5.32 Å². The number of hydrogen-bond donors (Lipinski definition) is 2. The fourth-order valence-electron chi connectivity index (χ4n) is 3.51. The summed E-state index contributed by atoms with van der Waals surface area (Å²) < 4.78 is 50.4. The minimum Gasteiger partial charge on any atom is -0.444 e. The van der Waals surface area contributed by atoms with Gasteiger partial charge in [0, 0.05) is 0 Å². The summed E-state index contributed by atoms with van der Waals surface area (Å²) in [6.45, 7) is 3.33. The highest BCUT2D eigenvalue weighted by atomic mass is 31.2. The molecule has 0 heterocycles. The van der Waals surface area contributed by atoms with Crippen LogP contribution in [0.4, 0.5) is 4.79 Å². The van der Waals surface area contributed by atoms with Gasteiger partial charge in [-0.05, 0) is 33.6 Å². The summed E-state index contributed by atoms with van der Waals surface area (Å²) in [7, 11) is -4.64. The smallest absolute Gasteiger partial charge is 0.444 e. The van der Waals surface area contributed by atoms with E-state index in [1.54, 1.807) is 39.0 Å². The van der Waals surface area contributed by atoms with Gasteiger partial charge in [0.1, 0.15) is 5.60 Å². The summed E-state index contributed by atoms with van der Waals surface area (Å²) in [4.78, 5) is 12.5. The summed E-state index contributed by atoms with van der Waals surface area (Å²) in [5, 5.41) is 30.6. The van der Waals surface area contributed by atoms with E-state index in [1.165, 1.54) is 57.4 Å². The Morgan fingerprint density at radius 2 is 1.45 bits per heavy atom. The van der Waals surface area contributed by atoms with Gasteiger partial charge in [-0.1, -0.05) is 83.3 Å². The van der Waals surface area contributed by atoms with Crippen molar-refractivity contribution in [1.82, 2.24) is 5.32 Å². The lowest BCUT2D eigenvalue weighted by Gasteiger charge is -2.26. The average molecular weight is 590 g/mol. The lowest BCUT2D eigenvalue weighted by atomic mass is 10.1. The number of amides is 1. The maximum Gasteiger partial charge on any atom is 0.474 e. The number of aliphatic hydroxyl groups excluding tert-OH is 1. The first-order valence-electron chi connectivity index (χ1n) is 15.5. The summed E-state index contributed by atoms with van der Waals surface area (Å²) in [5.41, 5.74) is -0.909. The average Bonchev–Trinajstić information content (AvgIpc) is 2.88. The molecule has 0 fully saturated rings. The zero-order valence-corrected chi connectivity index (χ0v) is 25.8. The quantitative estimate of drug-likeness (QED) is 0.0505. The molecule has 10 nitrogen and oxygen atoms in total. The second kappa shape index (κ2) is 23.7. The number of rotatable bonds is 24. The van der Waals surface area contributed by atoms with Crippen molar-refractivity contribution < 1.29 is 35.5 Å². The van der Waals surface area contributed by atoms with E-state index in [2.05, 4.69) is 12.2 Å². The second-order valence-corrected chi connectivity index (χ2v) is 12.1. The summed E-state index contributed by atoms with van der Waals surface area (Å²) >= 11 is 0. The number of alkyl carbamates (subject to hydrolysis) is 1. The molecule has 0 aromatic heterocycles. The standard InChI is InChI=1S/C29H52N3O7P/c1-5-6-7-8-9-10-11-12-13-14-15-16-17-20-27(33)26(32-28(34)39-29(2,3)4)25-38-40(35,36-23-18-21-30)37-24-19-22-31/h17,20,26-27,33H,5-16,18-19,23-25H2,1-4H3,(H,32,34)/b20-17+/t26-,27+/m1/s1/i25+1D2,26+1. The van der Waals surface area contributed by atoms with Gasteiger partial charge < -0.3 is 15.2 Å². The van der Waals surface area contributed by atoms with Crippen LogP contribution >= 0.6 is 7.82 Å². The number of aliphatic hydroxyl groups is 1. The molecule has 0 aliphatic rings. The van der Waals surface area contributed by atoms with Gasteiger partial charge in [-0.3, -0.25) is 13.6 Å². The topological polar surface area (TPSA) is 151 Å². The molecule has 2 N–H and O–H groups in total. The normalized spacial score (nSPS) is 14.6. The van der Waals surface area contributed by atoms with Crippen LogP contribution in [0.2, 0.25) is 0 Å². The van der Waals surface area contributed by atoms with Crippen molar-refractivity contribution in [2.75, 3.05) is 19.8 Å². The van der Waals surface area contributed by atoms with E-state index in [4.69, 9.17) is 31.6 Å². The zero-order chi connectivity index (χ0) is 31.9. The number of nitriles is 2. The molecule has 230 valence electrons. The largest absolute Gasteiger partial charge is 0.474 e. The van der Waals surface area contributed by atoms with E-state index in [9.17, 15) is 14.5 Å². The van der Waals surface area contributed by atoms with Crippen LogP contribution in [0.3, 0.4) is 0 Å². The Hall–Kier alpha value is -1.94. The molecule has 0 spiro atoms. The summed E-state index contributed by atoms with van der Waals surface area (Å²) in [6, 6.07) is 1.81. The van der Waals surface area contributed by atoms with Crippen molar-refractivity contribution in [2.45, 2.75) is 135 Å². The Bertz CT molecular complexity index is 877. The molecule has 0 radical (unpaired) electrons. The van der Waals surface area contributed by atoms with Crippen LogP contribution in [-0.2, 0) is 22.9 Å². The van der Waals surface area contributed by atoms with Gasteiger partial charge >= 0.3 is 13.9 Å². The van der Waals surface area contributed by atoms with Crippen LogP contribution in [0.5, 0.6) is 0 Å². The van der Waals surface area contributed by atoms with Crippen molar-refractivity contribution in [3.05, 3.63) is 12.2 Å². The van der Waals surface area contributed by atoms with E-state index in [-0.39, 0.29) is 26.1 Å². The number of nitrogens with one attached hydrogen (secondary N) is 1. The van der Waals surface area contributed by atoms with Gasteiger partial charge in [-0.25, -0.2) is 9.36 Å². The first-order chi connectivity index (χ1) is 19.8. The van der Waals surface area contributed by atoms with Crippen LogP contribution in [0.1, 0.15) is 120 Å². The van der Waals surface area contributed by atoms with Crippen molar-refractivity contribution in [2.24, 2.45) is 0 Å². The molecule has 0 aromatic rings. The van der Waals surface area contributed by atoms with Crippen LogP contribution in [0, 0.1) is 22.7 Å². The number of phosphoric acid groups is 1. The molecule has 0 saturated heterocycles. The Morgan fingerprint density at radius 3 is 1.93 bits per heavy atom. The highest BCUT2D eigenvalue weighted by Gasteiger charge is 2.31. The molecule has 11 heteroatoms. The summed E-state index contributed by atoms with van der Waals surface area (Å²) in [5.74, 6) is 0. The van der Waals surface area contributed by atoms with Crippen molar-refractivity contribution >= 4 is 13.9 Å².